The zero-order valence-corrected chi connectivity index (χ0v) is 10.0. The molecule has 1 unspecified atom stereocenters. The van der Waals surface area contributed by atoms with Crippen molar-refractivity contribution in [2.45, 2.75) is 19.8 Å². The predicted molar refractivity (Wildman–Crippen MR) is 63.9 cm³/mol. The fraction of sp³-hybridized carbons (Fsp3) is 0.538. The van der Waals surface area contributed by atoms with E-state index in [4.69, 9.17) is 15.2 Å². The second kappa shape index (κ2) is 5.36. The summed E-state index contributed by atoms with van der Waals surface area (Å²) in [5.41, 5.74) is 6.17. The summed E-state index contributed by atoms with van der Waals surface area (Å²) in [6, 6.07) is 3.16. The minimum atomic E-state index is -0.224. The van der Waals surface area contributed by atoms with Crippen molar-refractivity contribution in [3.05, 3.63) is 23.5 Å². The third-order valence-electron chi connectivity index (χ3n) is 2.94. The topological polar surface area (TPSA) is 44.5 Å². The Morgan fingerprint density at radius 2 is 1.94 bits per heavy atom. The van der Waals surface area contributed by atoms with Gasteiger partial charge in [-0.15, -0.1) is 0 Å². The normalized spacial score (nSPS) is 15.7. The van der Waals surface area contributed by atoms with E-state index in [1.54, 1.807) is 6.07 Å². The van der Waals surface area contributed by atoms with Crippen molar-refractivity contribution in [1.29, 1.82) is 0 Å². The van der Waals surface area contributed by atoms with Gasteiger partial charge >= 0.3 is 0 Å². The molecule has 17 heavy (non-hydrogen) atoms. The van der Waals surface area contributed by atoms with Crippen LogP contribution in [0.5, 0.6) is 11.5 Å². The van der Waals surface area contributed by atoms with Crippen molar-refractivity contribution in [1.82, 2.24) is 0 Å². The minimum absolute atomic E-state index is 0.224. The molecule has 0 amide bonds. The average molecular weight is 239 g/mol. The van der Waals surface area contributed by atoms with Gasteiger partial charge in [-0.1, -0.05) is 6.92 Å². The maximum Gasteiger partial charge on any atom is 0.164 e. The van der Waals surface area contributed by atoms with Gasteiger partial charge in [0.05, 0.1) is 0 Å². The van der Waals surface area contributed by atoms with Crippen LogP contribution in [0.3, 0.4) is 0 Å². The van der Waals surface area contributed by atoms with E-state index in [1.165, 1.54) is 6.07 Å². The first kappa shape index (κ1) is 12.2. The Morgan fingerprint density at radius 1 is 1.29 bits per heavy atom. The smallest absolute Gasteiger partial charge is 0.164 e. The molecule has 2 rings (SSSR count). The molecule has 3 nitrogen and oxygen atoms in total. The second-order valence-electron chi connectivity index (χ2n) is 4.47. The molecule has 94 valence electrons. The molecule has 1 atom stereocenters. The molecule has 4 heteroatoms. The lowest BCUT2D eigenvalue weighted by atomic mass is 9.97. The number of fused-ring (bicyclic) bond motifs is 1. The molecule has 1 heterocycles. The Hall–Kier alpha value is -1.29. The van der Waals surface area contributed by atoms with E-state index in [0.717, 1.165) is 6.42 Å². The minimum Gasteiger partial charge on any atom is -0.486 e. The van der Waals surface area contributed by atoms with Crippen LogP contribution in [-0.2, 0) is 6.42 Å². The number of hydrogen-bond donors (Lipinski definition) is 1. The molecular formula is C13H18FNO2. The molecule has 0 saturated carbocycles. The van der Waals surface area contributed by atoms with Gasteiger partial charge in [0.15, 0.2) is 11.5 Å². The van der Waals surface area contributed by atoms with Gasteiger partial charge in [0, 0.05) is 6.07 Å². The van der Waals surface area contributed by atoms with Crippen LogP contribution in [0.15, 0.2) is 12.1 Å². The molecule has 0 aliphatic carbocycles. The number of rotatable bonds is 4. The van der Waals surface area contributed by atoms with Crippen molar-refractivity contribution in [2.24, 2.45) is 11.7 Å². The Kier molecular flexibility index (Phi) is 3.84. The van der Waals surface area contributed by atoms with Gasteiger partial charge in [-0.25, -0.2) is 4.39 Å². The first-order chi connectivity index (χ1) is 8.20. The molecule has 2 N–H and O–H groups in total. The highest BCUT2D eigenvalue weighted by atomic mass is 19.1. The monoisotopic (exact) mass is 239 g/mol. The highest BCUT2D eigenvalue weighted by Crippen LogP contribution is 2.33. The third kappa shape index (κ3) is 2.88. The number of nitrogens with two attached hydrogens (primary N) is 1. The summed E-state index contributed by atoms with van der Waals surface area (Å²) >= 11 is 0. The lowest BCUT2D eigenvalue weighted by Crippen LogP contribution is -2.16. The van der Waals surface area contributed by atoms with E-state index in [0.29, 0.717) is 49.2 Å². The molecular weight excluding hydrogens is 221 g/mol. The van der Waals surface area contributed by atoms with Crippen molar-refractivity contribution < 1.29 is 13.9 Å². The summed E-state index contributed by atoms with van der Waals surface area (Å²) < 4.78 is 24.6. The fourth-order valence-corrected chi connectivity index (χ4v) is 2.02. The van der Waals surface area contributed by atoms with Crippen molar-refractivity contribution in [2.75, 3.05) is 19.8 Å². The number of halogens is 1. The van der Waals surface area contributed by atoms with Gasteiger partial charge in [-0.3, -0.25) is 0 Å². The van der Waals surface area contributed by atoms with Crippen molar-refractivity contribution in [3.63, 3.8) is 0 Å². The molecule has 1 aromatic rings. The van der Waals surface area contributed by atoms with E-state index in [1.807, 2.05) is 0 Å². The van der Waals surface area contributed by atoms with Gasteiger partial charge in [-0.2, -0.15) is 0 Å². The van der Waals surface area contributed by atoms with Crippen molar-refractivity contribution >= 4 is 0 Å². The summed E-state index contributed by atoms with van der Waals surface area (Å²) in [6.45, 7) is 3.71. The van der Waals surface area contributed by atoms with Gasteiger partial charge < -0.3 is 15.2 Å². The lowest BCUT2D eigenvalue weighted by molar-refractivity contribution is 0.170. The Labute approximate surface area is 101 Å². The maximum atomic E-state index is 13.8. The maximum absolute atomic E-state index is 13.8. The van der Waals surface area contributed by atoms with Crippen molar-refractivity contribution in [3.8, 4) is 11.5 Å². The number of ether oxygens (including phenoxy) is 2. The molecule has 0 aromatic heterocycles. The molecule has 0 spiro atoms. The Bertz CT molecular complexity index is 395. The first-order valence-electron chi connectivity index (χ1n) is 5.98. The SMILES string of the molecule is CC(CCN)Cc1cc2c(cc1F)OCCO2. The van der Waals surface area contributed by atoms with Crippen LogP contribution in [0.4, 0.5) is 4.39 Å². The molecule has 1 aliphatic rings. The highest BCUT2D eigenvalue weighted by Gasteiger charge is 2.17. The first-order valence-corrected chi connectivity index (χ1v) is 5.98. The Morgan fingerprint density at radius 3 is 2.59 bits per heavy atom. The van der Waals surface area contributed by atoms with E-state index < -0.39 is 0 Å². The standard InChI is InChI=1S/C13H18FNO2/c1-9(2-3-15)6-10-7-12-13(8-11(10)14)17-5-4-16-12/h7-9H,2-6,15H2,1H3. The van der Waals surface area contributed by atoms with Gasteiger partial charge in [-0.05, 0) is 36.9 Å². The summed E-state index contributed by atoms with van der Waals surface area (Å²) in [5.74, 6) is 1.30. The Balaban J connectivity index is 2.16. The van der Waals surface area contributed by atoms with E-state index in [9.17, 15) is 4.39 Å². The fourth-order valence-electron chi connectivity index (χ4n) is 2.02. The lowest BCUT2D eigenvalue weighted by Gasteiger charge is -2.20. The van der Waals surface area contributed by atoms with E-state index >= 15 is 0 Å². The van der Waals surface area contributed by atoms with Crippen LogP contribution in [-0.4, -0.2) is 19.8 Å². The van der Waals surface area contributed by atoms with Gasteiger partial charge in [0.25, 0.3) is 0 Å². The zero-order valence-electron chi connectivity index (χ0n) is 10.0. The quantitative estimate of drug-likeness (QED) is 0.875. The van der Waals surface area contributed by atoms with E-state index in [2.05, 4.69) is 6.92 Å². The molecule has 1 aliphatic heterocycles. The zero-order chi connectivity index (χ0) is 12.3. The van der Waals surface area contributed by atoms with E-state index in [-0.39, 0.29) is 5.82 Å². The molecule has 0 bridgehead atoms. The summed E-state index contributed by atoms with van der Waals surface area (Å²) in [7, 11) is 0. The predicted octanol–water partition coefficient (Wildman–Crippen LogP) is 2.12. The summed E-state index contributed by atoms with van der Waals surface area (Å²) in [4.78, 5) is 0. The second-order valence-corrected chi connectivity index (χ2v) is 4.47. The number of hydrogen-bond acceptors (Lipinski definition) is 3. The largest absolute Gasteiger partial charge is 0.486 e. The average Bonchev–Trinajstić information content (AvgIpc) is 2.30. The van der Waals surface area contributed by atoms with Crippen LogP contribution >= 0.6 is 0 Å². The number of benzene rings is 1. The summed E-state index contributed by atoms with van der Waals surface area (Å²) in [6.07, 6.45) is 1.58. The van der Waals surface area contributed by atoms with Crippen LogP contribution in [0.1, 0.15) is 18.9 Å². The van der Waals surface area contributed by atoms with Crippen LogP contribution in [0.25, 0.3) is 0 Å². The molecule has 0 saturated heterocycles. The molecule has 0 fully saturated rings. The van der Waals surface area contributed by atoms with Crippen LogP contribution in [0, 0.1) is 11.7 Å². The molecule has 0 radical (unpaired) electrons. The van der Waals surface area contributed by atoms with Crippen LogP contribution in [0.2, 0.25) is 0 Å². The van der Waals surface area contributed by atoms with Crippen LogP contribution < -0.4 is 15.2 Å². The highest BCUT2D eigenvalue weighted by molar-refractivity contribution is 5.44. The summed E-state index contributed by atoms with van der Waals surface area (Å²) in [5, 5.41) is 0. The molecule has 1 aromatic carbocycles. The van der Waals surface area contributed by atoms with Gasteiger partial charge in [0.1, 0.15) is 19.0 Å². The third-order valence-corrected chi connectivity index (χ3v) is 2.94. The van der Waals surface area contributed by atoms with Gasteiger partial charge in [0.2, 0.25) is 0 Å².